The number of nitrogens with one attached hydrogen (secondary N) is 1. The van der Waals surface area contributed by atoms with Gasteiger partial charge in [-0.1, -0.05) is 66.4 Å². The van der Waals surface area contributed by atoms with Crippen molar-refractivity contribution in [1.82, 2.24) is 4.90 Å². The minimum Gasteiger partial charge on any atom is -0.494 e. The fourth-order valence-corrected chi connectivity index (χ4v) is 4.82. The lowest BCUT2D eigenvalue weighted by Gasteiger charge is -2.16. The Morgan fingerprint density at radius 3 is 2.50 bits per heavy atom. The number of ether oxygens (including phenoxy) is 1. The minimum absolute atomic E-state index is 0.0675. The van der Waals surface area contributed by atoms with E-state index in [1.165, 1.54) is 11.8 Å². The summed E-state index contributed by atoms with van der Waals surface area (Å²) in [6.07, 6.45) is 0.780. The molecule has 2 amide bonds. The van der Waals surface area contributed by atoms with Crippen molar-refractivity contribution in [2.45, 2.75) is 25.0 Å². The standard InChI is InChI=1S/C27H27N3O3S/c1-2-33-23-15-9-14-22(18-23)28-25(31)19-24-26(32)30(17-16-20-10-5-3-6-11-20)27(34-24)29-21-12-7-4-8-13-21/h3-15,18,24H,2,16-17,19H2,1H3,(H,28,31)/t24-/m1/s1. The van der Waals surface area contributed by atoms with Crippen molar-refractivity contribution >= 4 is 40.1 Å². The average Bonchev–Trinajstić information content (AvgIpc) is 3.13. The first-order valence-electron chi connectivity index (χ1n) is 11.3. The SMILES string of the molecule is CCOc1cccc(NC(=O)C[C@H]2SC(=Nc3ccccc3)N(CCc3ccccc3)C2=O)c1. The third kappa shape index (κ3) is 6.26. The van der Waals surface area contributed by atoms with Crippen LogP contribution in [0.1, 0.15) is 18.9 Å². The second-order valence-electron chi connectivity index (χ2n) is 7.78. The van der Waals surface area contributed by atoms with E-state index in [9.17, 15) is 9.59 Å². The number of hydrogen-bond donors (Lipinski definition) is 1. The zero-order chi connectivity index (χ0) is 23.8. The largest absolute Gasteiger partial charge is 0.494 e. The zero-order valence-electron chi connectivity index (χ0n) is 19.0. The Morgan fingerprint density at radius 1 is 1.03 bits per heavy atom. The quantitative estimate of drug-likeness (QED) is 0.459. The molecule has 1 atom stereocenters. The molecule has 1 aliphatic rings. The number of benzene rings is 3. The van der Waals surface area contributed by atoms with Gasteiger partial charge in [-0.05, 0) is 43.2 Å². The van der Waals surface area contributed by atoms with Crippen LogP contribution in [0.25, 0.3) is 0 Å². The van der Waals surface area contributed by atoms with Crippen LogP contribution in [0.2, 0.25) is 0 Å². The number of nitrogens with zero attached hydrogens (tertiary/aromatic N) is 2. The van der Waals surface area contributed by atoms with Crippen LogP contribution >= 0.6 is 11.8 Å². The highest BCUT2D eigenvalue weighted by molar-refractivity contribution is 8.15. The van der Waals surface area contributed by atoms with Gasteiger partial charge in [0.25, 0.3) is 0 Å². The van der Waals surface area contributed by atoms with Crippen LogP contribution in [-0.2, 0) is 16.0 Å². The second kappa shape index (κ2) is 11.5. The maximum absolute atomic E-state index is 13.3. The van der Waals surface area contributed by atoms with Crippen molar-refractivity contribution in [3.05, 3.63) is 90.5 Å². The van der Waals surface area contributed by atoms with E-state index in [2.05, 4.69) is 5.32 Å². The number of thioether (sulfide) groups is 1. The van der Waals surface area contributed by atoms with Gasteiger partial charge in [0.2, 0.25) is 11.8 Å². The first-order valence-corrected chi connectivity index (χ1v) is 12.2. The molecule has 1 heterocycles. The van der Waals surface area contributed by atoms with Crippen molar-refractivity contribution in [3.63, 3.8) is 0 Å². The van der Waals surface area contributed by atoms with Crippen molar-refractivity contribution in [3.8, 4) is 5.75 Å². The van der Waals surface area contributed by atoms with Crippen LogP contribution in [0, 0.1) is 0 Å². The predicted molar refractivity (Wildman–Crippen MR) is 138 cm³/mol. The Hall–Kier alpha value is -3.58. The summed E-state index contributed by atoms with van der Waals surface area (Å²) in [5.41, 5.74) is 2.57. The van der Waals surface area contributed by atoms with E-state index >= 15 is 0 Å². The molecule has 174 valence electrons. The number of carbonyl (C=O) groups excluding carboxylic acids is 2. The molecule has 0 bridgehead atoms. The summed E-state index contributed by atoms with van der Waals surface area (Å²) < 4.78 is 5.49. The van der Waals surface area contributed by atoms with Gasteiger partial charge >= 0.3 is 0 Å². The van der Waals surface area contributed by atoms with E-state index in [1.54, 1.807) is 17.0 Å². The highest BCUT2D eigenvalue weighted by Gasteiger charge is 2.39. The summed E-state index contributed by atoms with van der Waals surface area (Å²) in [7, 11) is 0. The smallest absolute Gasteiger partial charge is 0.242 e. The number of amides is 2. The number of rotatable bonds is 9. The number of aliphatic imine (C=N–C) groups is 1. The molecule has 3 aromatic carbocycles. The van der Waals surface area contributed by atoms with Crippen molar-refractivity contribution in [2.24, 2.45) is 4.99 Å². The third-order valence-corrected chi connectivity index (χ3v) is 6.44. The van der Waals surface area contributed by atoms with Crippen LogP contribution in [0.3, 0.4) is 0 Å². The van der Waals surface area contributed by atoms with Gasteiger partial charge in [-0.25, -0.2) is 4.99 Å². The molecule has 0 aliphatic carbocycles. The van der Waals surface area contributed by atoms with Crippen molar-refractivity contribution in [1.29, 1.82) is 0 Å². The van der Waals surface area contributed by atoms with Gasteiger partial charge in [0.15, 0.2) is 5.17 Å². The summed E-state index contributed by atoms with van der Waals surface area (Å²) in [6.45, 7) is 2.97. The Balaban J connectivity index is 1.46. The summed E-state index contributed by atoms with van der Waals surface area (Å²) in [5, 5.41) is 2.99. The topological polar surface area (TPSA) is 71.0 Å². The molecule has 1 aliphatic heterocycles. The van der Waals surface area contributed by atoms with Crippen LogP contribution < -0.4 is 10.1 Å². The number of carbonyl (C=O) groups is 2. The maximum atomic E-state index is 13.3. The van der Waals surface area contributed by atoms with Crippen LogP contribution in [0.5, 0.6) is 5.75 Å². The molecule has 0 radical (unpaired) electrons. The zero-order valence-corrected chi connectivity index (χ0v) is 19.8. The van der Waals surface area contributed by atoms with Gasteiger partial charge in [-0.2, -0.15) is 0 Å². The normalized spacial score (nSPS) is 16.6. The summed E-state index contributed by atoms with van der Waals surface area (Å²) in [5.74, 6) is 0.383. The lowest BCUT2D eigenvalue weighted by Crippen LogP contribution is -2.35. The van der Waals surface area contributed by atoms with E-state index in [0.29, 0.717) is 36.2 Å². The van der Waals surface area contributed by atoms with Gasteiger partial charge in [-0.15, -0.1) is 0 Å². The number of amidine groups is 1. The van der Waals surface area contributed by atoms with E-state index in [0.717, 1.165) is 11.3 Å². The Bertz CT molecular complexity index is 1150. The highest BCUT2D eigenvalue weighted by Crippen LogP contribution is 2.32. The molecule has 0 aromatic heterocycles. The van der Waals surface area contributed by atoms with E-state index < -0.39 is 5.25 Å². The first kappa shape index (κ1) is 23.6. The fourth-order valence-electron chi connectivity index (χ4n) is 3.64. The lowest BCUT2D eigenvalue weighted by molar-refractivity contribution is -0.128. The van der Waals surface area contributed by atoms with Crippen LogP contribution in [0.4, 0.5) is 11.4 Å². The molecular formula is C27H27N3O3S. The fraction of sp³-hybridized carbons (Fsp3) is 0.222. The van der Waals surface area contributed by atoms with Gasteiger partial charge in [-0.3, -0.25) is 14.5 Å². The highest BCUT2D eigenvalue weighted by atomic mass is 32.2. The van der Waals surface area contributed by atoms with Crippen LogP contribution in [0.15, 0.2) is 89.9 Å². The Kier molecular flexibility index (Phi) is 7.99. The molecule has 6 nitrogen and oxygen atoms in total. The van der Waals surface area contributed by atoms with Crippen molar-refractivity contribution in [2.75, 3.05) is 18.5 Å². The molecule has 34 heavy (non-hydrogen) atoms. The molecule has 1 saturated heterocycles. The van der Waals surface area contributed by atoms with Crippen LogP contribution in [-0.4, -0.2) is 40.3 Å². The summed E-state index contributed by atoms with van der Waals surface area (Å²) >= 11 is 1.35. The molecule has 0 unspecified atom stereocenters. The predicted octanol–water partition coefficient (Wildman–Crippen LogP) is 5.29. The van der Waals surface area contributed by atoms with E-state index in [-0.39, 0.29) is 18.2 Å². The van der Waals surface area contributed by atoms with E-state index in [4.69, 9.17) is 9.73 Å². The van der Waals surface area contributed by atoms with E-state index in [1.807, 2.05) is 79.7 Å². The lowest BCUT2D eigenvalue weighted by atomic mass is 10.1. The van der Waals surface area contributed by atoms with Gasteiger partial charge in [0.1, 0.15) is 11.0 Å². The number of anilines is 1. The first-order chi connectivity index (χ1) is 16.6. The second-order valence-corrected chi connectivity index (χ2v) is 8.94. The van der Waals surface area contributed by atoms with Gasteiger partial charge < -0.3 is 10.1 Å². The third-order valence-electron chi connectivity index (χ3n) is 5.27. The number of para-hydroxylation sites is 1. The van der Waals surface area contributed by atoms with Gasteiger partial charge in [0.05, 0.1) is 12.3 Å². The Labute approximate surface area is 204 Å². The Morgan fingerprint density at radius 2 is 1.76 bits per heavy atom. The summed E-state index contributed by atoms with van der Waals surface area (Å²) in [6, 6.07) is 26.8. The minimum atomic E-state index is -0.520. The molecular weight excluding hydrogens is 446 g/mol. The molecule has 1 N–H and O–H groups in total. The molecule has 0 saturated carbocycles. The monoisotopic (exact) mass is 473 g/mol. The van der Waals surface area contributed by atoms with Crippen molar-refractivity contribution < 1.29 is 14.3 Å². The number of hydrogen-bond acceptors (Lipinski definition) is 5. The summed E-state index contributed by atoms with van der Waals surface area (Å²) in [4.78, 5) is 32.5. The molecule has 4 rings (SSSR count). The molecule has 1 fully saturated rings. The molecule has 3 aromatic rings. The molecule has 7 heteroatoms. The van der Waals surface area contributed by atoms with Gasteiger partial charge in [0, 0.05) is 24.7 Å². The average molecular weight is 474 g/mol. The maximum Gasteiger partial charge on any atom is 0.242 e. The molecule has 0 spiro atoms.